The molecule has 0 amide bonds. The van der Waals surface area contributed by atoms with Gasteiger partial charge in [0.25, 0.3) is 0 Å². The summed E-state index contributed by atoms with van der Waals surface area (Å²) in [6.45, 7) is 8.04. The van der Waals surface area contributed by atoms with Crippen LogP contribution < -0.4 is 10.2 Å². The van der Waals surface area contributed by atoms with Crippen LogP contribution in [0.2, 0.25) is 0 Å². The fourth-order valence-corrected chi connectivity index (χ4v) is 3.02. The summed E-state index contributed by atoms with van der Waals surface area (Å²) in [5.41, 5.74) is 0. The van der Waals surface area contributed by atoms with Crippen LogP contribution in [0.5, 0.6) is 0 Å². The molecule has 2 aliphatic rings. The van der Waals surface area contributed by atoms with E-state index in [-0.39, 0.29) is 0 Å². The number of imidazole rings is 1. The minimum atomic E-state index is 0.840. The predicted molar refractivity (Wildman–Crippen MR) is 64.6 cm³/mol. The third kappa shape index (κ3) is 1.61. The van der Waals surface area contributed by atoms with Crippen molar-refractivity contribution in [2.45, 2.75) is 19.9 Å². The molecule has 2 fully saturated rings. The molecule has 88 valence electrons. The summed E-state index contributed by atoms with van der Waals surface area (Å²) in [5.74, 6) is 2.86. The Bertz CT molecular complexity index is 348. The second-order valence-electron chi connectivity index (χ2n) is 5.00. The van der Waals surface area contributed by atoms with Crippen molar-refractivity contribution in [3.8, 4) is 0 Å². The summed E-state index contributed by atoms with van der Waals surface area (Å²) in [6, 6.07) is 0. The number of hydrogen-bond donors (Lipinski definition) is 1. The Morgan fingerprint density at radius 2 is 2.12 bits per heavy atom. The average molecular weight is 220 g/mol. The molecule has 1 aromatic rings. The molecule has 0 unspecified atom stereocenters. The van der Waals surface area contributed by atoms with Gasteiger partial charge >= 0.3 is 0 Å². The molecule has 0 aliphatic carbocycles. The summed E-state index contributed by atoms with van der Waals surface area (Å²) in [7, 11) is 0. The molecule has 1 aromatic heterocycles. The maximum atomic E-state index is 4.51. The zero-order valence-electron chi connectivity index (χ0n) is 9.89. The Balaban J connectivity index is 1.75. The Morgan fingerprint density at radius 1 is 1.38 bits per heavy atom. The van der Waals surface area contributed by atoms with E-state index in [1.165, 1.54) is 38.5 Å². The van der Waals surface area contributed by atoms with Gasteiger partial charge in [0.1, 0.15) is 0 Å². The van der Waals surface area contributed by atoms with Crippen LogP contribution in [0, 0.1) is 11.8 Å². The molecule has 0 aromatic carbocycles. The van der Waals surface area contributed by atoms with E-state index in [9.17, 15) is 0 Å². The second-order valence-corrected chi connectivity index (χ2v) is 5.00. The van der Waals surface area contributed by atoms with Gasteiger partial charge in [0.05, 0.1) is 0 Å². The Labute approximate surface area is 96.7 Å². The number of rotatable bonds is 3. The minimum absolute atomic E-state index is 0.840. The SMILES string of the molecule is CCCn1ccnc1N1C[C@H]2CNC[C@H]2C1. The molecule has 3 rings (SSSR count). The van der Waals surface area contributed by atoms with Crippen LogP contribution in [-0.2, 0) is 6.54 Å². The first-order valence-corrected chi connectivity index (χ1v) is 6.35. The van der Waals surface area contributed by atoms with Crippen LogP contribution in [0.4, 0.5) is 5.95 Å². The first kappa shape index (κ1) is 10.1. The van der Waals surface area contributed by atoms with Gasteiger partial charge in [-0.1, -0.05) is 6.92 Å². The van der Waals surface area contributed by atoms with Crippen molar-refractivity contribution in [1.29, 1.82) is 0 Å². The molecule has 0 radical (unpaired) electrons. The molecular weight excluding hydrogens is 200 g/mol. The monoisotopic (exact) mass is 220 g/mol. The van der Waals surface area contributed by atoms with E-state index in [1.807, 2.05) is 6.20 Å². The summed E-state index contributed by atoms with van der Waals surface area (Å²) < 4.78 is 2.29. The lowest BCUT2D eigenvalue weighted by Gasteiger charge is -2.19. The molecule has 0 spiro atoms. The Kier molecular flexibility index (Phi) is 2.59. The minimum Gasteiger partial charge on any atom is -0.342 e. The largest absolute Gasteiger partial charge is 0.342 e. The number of aromatic nitrogens is 2. The van der Waals surface area contributed by atoms with Gasteiger partial charge in [0.15, 0.2) is 0 Å². The second kappa shape index (κ2) is 4.09. The van der Waals surface area contributed by atoms with Crippen LogP contribution in [0.25, 0.3) is 0 Å². The van der Waals surface area contributed by atoms with Gasteiger partial charge in [-0.05, 0) is 18.3 Å². The third-order valence-corrected chi connectivity index (χ3v) is 3.83. The van der Waals surface area contributed by atoms with E-state index in [1.54, 1.807) is 0 Å². The van der Waals surface area contributed by atoms with Crippen molar-refractivity contribution in [2.75, 3.05) is 31.1 Å². The molecule has 0 saturated carbocycles. The molecule has 4 heteroatoms. The summed E-state index contributed by atoms with van der Waals surface area (Å²) in [5, 5.41) is 3.48. The maximum Gasteiger partial charge on any atom is 0.205 e. The van der Waals surface area contributed by atoms with Crippen LogP contribution in [0.3, 0.4) is 0 Å². The molecule has 2 atom stereocenters. The highest BCUT2D eigenvalue weighted by Crippen LogP contribution is 2.29. The number of anilines is 1. The lowest BCUT2D eigenvalue weighted by atomic mass is 10.0. The smallest absolute Gasteiger partial charge is 0.205 e. The molecule has 2 saturated heterocycles. The van der Waals surface area contributed by atoms with Crippen LogP contribution in [-0.4, -0.2) is 35.7 Å². The van der Waals surface area contributed by atoms with Crippen molar-refractivity contribution < 1.29 is 0 Å². The van der Waals surface area contributed by atoms with Gasteiger partial charge in [0.2, 0.25) is 5.95 Å². The fourth-order valence-electron chi connectivity index (χ4n) is 3.02. The van der Waals surface area contributed by atoms with Gasteiger partial charge in [-0.25, -0.2) is 4.98 Å². The van der Waals surface area contributed by atoms with Gasteiger partial charge in [-0.15, -0.1) is 0 Å². The summed E-state index contributed by atoms with van der Waals surface area (Å²) >= 11 is 0. The quantitative estimate of drug-likeness (QED) is 0.823. The predicted octanol–water partition coefficient (Wildman–Crippen LogP) is 0.949. The lowest BCUT2D eigenvalue weighted by molar-refractivity contribution is 0.533. The molecule has 3 heterocycles. The summed E-state index contributed by atoms with van der Waals surface area (Å²) in [4.78, 5) is 6.98. The normalized spacial score (nSPS) is 28.7. The van der Waals surface area contributed by atoms with E-state index in [4.69, 9.17) is 0 Å². The number of aryl methyl sites for hydroxylation is 1. The molecule has 2 aliphatic heterocycles. The van der Waals surface area contributed by atoms with Crippen molar-refractivity contribution >= 4 is 5.95 Å². The lowest BCUT2D eigenvalue weighted by Crippen LogP contribution is -2.27. The van der Waals surface area contributed by atoms with E-state index >= 15 is 0 Å². The molecule has 1 N–H and O–H groups in total. The molecule has 16 heavy (non-hydrogen) atoms. The first-order valence-electron chi connectivity index (χ1n) is 6.35. The highest BCUT2D eigenvalue weighted by molar-refractivity contribution is 5.34. The van der Waals surface area contributed by atoms with Crippen molar-refractivity contribution in [1.82, 2.24) is 14.9 Å². The van der Waals surface area contributed by atoms with Gasteiger partial charge in [0, 0.05) is 45.1 Å². The van der Waals surface area contributed by atoms with E-state index in [0.29, 0.717) is 0 Å². The molecule has 4 nitrogen and oxygen atoms in total. The highest BCUT2D eigenvalue weighted by Gasteiger charge is 2.37. The topological polar surface area (TPSA) is 33.1 Å². The number of fused-ring (bicyclic) bond motifs is 1. The number of nitrogens with zero attached hydrogens (tertiary/aromatic N) is 3. The Morgan fingerprint density at radius 3 is 2.81 bits per heavy atom. The third-order valence-electron chi connectivity index (χ3n) is 3.83. The van der Waals surface area contributed by atoms with Gasteiger partial charge in [-0.3, -0.25) is 0 Å². The zero-order valence-corrected chi connectivity index (χ0v) is 9.89. The first-order chi connectivity index (χ1) is 7.88. The van der Waals surface area contributed by atoms with Crippen LogP contribution in [0.15, 0.2) is 12.4 Å². The van der Waals surface area contributed by atoms with E-state index in [2.05, 4.69) is 32.9 Å². The van der Waals surface area contributed by atoms with Crippen LogP contribution in [0.1, 0.15) is 13.3 Å². The maximum absolute atomic E-state index is 4.51. The summed E-state index contributed by atoms with van der Waals surface area (Å²) in [6.07, 6.45) is 5.20. The highest BCUT2D eigenvalue weighted by atomic mass is 15.3. The average Bonchev–Trinajstić information content (AvgIpc) is 2.88. The Hall–Kier alpha value is -1.03. The zero-order chi connectivity index (χ0) is 11.0. The van der Waals surface area contributed by atoms with Gasteiger partial charge < -0.3 is 14.8 Å². The van der Waals surface area contributed by atoms with E-state index < -0.39 is 0 Å². The number of hydrogen-bond acceptors (Lipinski definition) is 3. The molecule has 0 bridgehead atoms. The fraction of sp³-hybridized carbons (Fsp3) is 0.750. The van der Waals surface area contributed by atoms with Crippen molar-refractivity contribution in [2.24, 2.45) is 11.8 Å². The van der Waals surface area contributed by atoms with Crippen molar-refractivity contribution in [3.05, 3.63) is 12.4 Å². The van der Waals surface area contributed by atoms with Crippen molar-refractivity contribution in [3.63, 3.8) is 0 Å². The molecular formula is C12H20N4. The number of nitrogens with one attached hydrogen (secondary N) is 1. The van der Waals surface area contributed by atoms with Gasteiger partial charge in [-0.2, -0.15) is 0 Å². The van der Waals surface area contributed by atoms with E-state index in [0.717, 1.165) is 18.4 Å². The standard InChI is InChI=1S/C12H20N4/c1-2-4-15-5-3-14-12(15)16-8-10-6-13-7-11(10)9-16/h3,5,10-11,13H,2,4,6-9H2,1H3/t10-,11+. The van der Waals surface area contributed by atoms with Crippen LogP contribution >= 0.6 is 0 Å².